The first kappa shape index (κ1) is 15.3. The molecule has 0 spiro atoms. The number of methoxy groups -OCH3 is 1. The fourth-order valence-corrected chi connectivity index (χ4v) is 3.15. The number of hydrogen-bond donors (Lipinski definition) is 2. The molecule has 0 saturated heterocycles. The predicted molar refractivity (Wildman–Crippen MR) is 82.0 cm³/mol. The molecule has 2 N–H and O–H groups in total. The summed E-state index contributed by atoms with van der Waals surface area (Å²) in [5.74, 6) is 1.51. The second kappa shape index (κ2) is 6.59. The lowest BCUT2D eigenvalue weighted by molar-refractivity contribution is -0.0134. The topological polar surface area (TPSA) is 41.5 Å². The molecule has 1 aromatic carbocycles. The van der Waals surface area contributed by atoms with Gasteiger partial charge in [0.15, 0.2) is 0 Å². The van der Waals surface area contributed by atoms with Gasteiger partial charge in [0, 0.05) is 12.6 Å². The summed E-state index contributed by atoms with van der Waals surface area (Å²) in [6.45, 7) is 5.04. The zero-order valence-electron chi connectivity index (χ0n) is 12.9. The molecule has 3 heteroatoms. The van der Waals surface area contributed by atoms with Gasteiger partial charge in [-0.3, -0.25) is 0 Å². The molecule has 0 radical (unpaired) electrons. The third kappa shape index (κ3) is 3.97. The van der Waals surface area contributed by atoms with Crippen LogP contribution in [0.25, 0.3) is 0 Å². The molecule has 2 rings (SSSR count). The molecule has 1 aliphatic carbocycles. The summed E-state index contributed by atoms with van der Waals surface area (Å²) in [5.41, 5.74) is 0.691. The molecule has 3 unspecified atom stereocenters. The lowest BCUT2D eigenvalue weighted by Crippen LogP contribution is -2.44. The molecule has 1 aromatic rings. The maximum absolute atomic E-state index is 10.6. The van der Waals surface area contributed by atoms with Crippen LogP contribution in [-0.2, 0) is 0 Å². The maximum atomic E-state index is 10.6. The van der Waals surface area contributed by atoms with Crippen molar-refractivity contribution in [1.82, 2.24) is 5.32 Å². The molecule has 0 aliphatic heterocycles. The van der Waals surface area contributed by atoms with Crippen molar-refractivity contribution in [3.63, 3.8) is 0 Å². The Morgan fingerprint density at radius 2 is 2.10 bits per heavy atom. The standard InChI is InChI=1S/C17H27NO2/c1-13-5-4-10-17(19,11-13)12-18-14(2)15-6-8-16(20-3)9-7-15/h6-9,13-14,18-19H,4-5,10-12H2,1-3H3. The molecule has 0 amide bonds. The monoisotopic (exact) mass is 277 g/mol. The summed E-state index contributed by atoms with van der Waals surface area (Å²) in [4.78, 5) is 0. The number of ether oxygens (including phenoxy) is 1. The quantitative estimate of drug-likeness (QED) is 0.868. The molecule has 1 saturated carbocycles. The van der Waals surface area contributed by atoms with Crippen LogP contribution in [0.3, 0.4) is 0 Å². The minimum absolute atomic E-state index is 0.238. The number of hydrogen-bond acceptors (Lipinski definition) is 3. The van der Waals surface area contributed by atoms with E-state index in [9.17, 15) is 5.11 Å². The summed E-state index contributed by atoms with van der Waals surface area (Å²) >= 11 is 0. The summed E-state index contributed by atoms with van der Waals surface area (Å²) < 4.78 is 5.17. The minimum Gasteiger partial charge on any atom is -0.497 e. The lowest BCUT2D eigenvalue weighted by atomic mass is 9.79. The van der Waals surface area contributed by atoms with Crippen molar-refractivity contribution < 1.29 is 9.84 Å². The minimum atomic E-state index is -0.529. The Hall–Kier alpha value is -1.06. The van der Waals surface area contributed by atoms with Crippen molar-refractivity contribution in [2.24, 2.45) is 5.92 Å². The molecule has 0 aromatic heterocycles. The average Bonchev–Trinajstić information content (AvgIpc) is 2.45. The molecule has 112 valence electrons. The van der Waals surface area contributed by atoms with Gasteiger partial charge in [-0.05, 0) is 43.4 Å². The molecule has 20 heavy (non-hydrogen) atoms. The molecule has 1 fully saturated rings. The summed E-state index contributed by atoms with van der Waals surface area (Å²) in [7, 11) is 1.68. The van der Waals surface area contributed by atoms with Crippen LogP contribution in [0.5, 0.6) is 5.75 Å². The maximum Gasteiger partial charge on any atom is 0.118 e. The van der Waals surface area contributed by atoms with Gasteiger partial charge in [0.05, 0.1) is 12.7 Å². The van der Waals surface area contributed by atoms with E-state index in [1.807, 2.05) is 12.1 Å². The number of nitrogens with one attached hydrogen (secondary N) is 1. The van der Waals surface area contributed by atoms with Gasteiger partial charge in [0.25, 0.3) is 0 Å². The molecule has 0 heterocycles. The average molecular weight is 277 g/mol. The van der Waals surface area contributed by atoms with Crippen LogP contribution in [0, 0.1) is 5.92 Å². The number of rotatable bonds is 5. The van der Waals surface area contributed by atoms with Crippen LogP contribution in [0.1, 0.15) is 51.1 Å². The first-order valence-corrected chi connectivity index (χ1v) is 7.62. The van der Waals surface area contributed by atoms with Gasteiger partial charge in [0.2, 0.25) is 0 Å². The van der Waals surface area contributed by atoms with Crippen molar-refractivity contribution >= 4 is 0 Å². The highest BCUT2D eigenvalue weighted by molar-refractivity contribution is 5.28. The lowest BCUT2D eigenvalue weighted by Gasteiger charge is -2.36. The third-order valence-electron chi connectivity index (χ3n) is 4.42. The second-order valence-electron chi connectivity index (χ2n) is 6.30. The van der Waals surface area contributed by atoms with Crippen LogP contribution >= 0.6 is 0 Å². The van der Waals surface area contributed by atoms with Crippen molar-refractivity contribution in [3.8, 4) is 5.75 Å². The SMILES string of the molecule is COc1ccc(C(C)NCC2(O)CCCC(C)C2)cc1. The highest BCUT2D eigenvalue weighted by Crippen LogP contribution is 2.32. The van der Waals surface area contributed by atoms with E-state index in [1.165, 1.54) is 12.0 Å². The molecule has 0 bridgehead atoms. The first-order valence-electron chi connectivity index (χ1n) is 7.62. The summed E-state index contributed by atoms with van der Waals surface area (Å²) in [6.07, 6.45) is 4.21. The molecular formula is C17H27NO2. The van der Waals surface area contributed by atoms with E-state index in [0.29, 0.717) is 12.5 Å². The third-order valence-corrected chi connectivity index (χ3v) is 4.42. The van der Waals surface area contributed by atoms with Crippen molar-refractivity contribution in [2.75, 3.05) is 13.7 Å². The van der Waals surface area contributed by atoms with E-state index in [4.69, 9.17) is 4.74 Å². The molecule has 1 aliphatic rings. The zero-order chi connectivity index (χ0) is 14.6. The summed E-state index contributed by atoms with van der Waals surface area (Å²) in [5, 5.41) is 14.1. The van der Waals surface area contributed by atoms with Gasteiger partial charge in [-0.2, -0.15) is 0 Å². The Kier molecular flexibility index (Phi) is 5.06. The van der Waals surface area contributed by atoms with Crippen molar-refractivity contribution in [1.29, 1.82) is 0 Å². The molecule has 3 nitrogen and oxygen atoms in total. The predicted octanol–water partition coefficient (Wildman–Crippen LogP) is 3.29. The van der Waals surface area contributed by atoms with E-state index < -0.39 is 5.60 Å². The van der Waals surface area contributed by atoms with Gasteiger partial charge < -0.3 is 15.2 Å². The Balaban J connectivity index is 1.89. The Morgan fingerprint density at radius 3 is 2.70 bits per heavy atom. The van der Waals surface area contributed by atoms with Crippen molar-refractivity contribution in [3.05, 3.63) is 29.8 Å². The normalized spacial score (nSPS) is 28.1. The van der Waals surface area contributed by atoms with E-state index in [-0.39, 0.29) is 6.04 Å². The van der Waals surface area contributed by atoms with Crippen molar-refractivity contribution in [2.45, 2.75) is 51.2 Å². The first-order chi connectivity index (χ1) is 9.52. The van der Waals surface area contributed by atoms with Gasteiger partial charge in [-0.1, -0.05) is 31.9 Å². The fourth-order valence-electron chi connectivity index (χ4n) is 3.15. The summed E-state index contributed by atoms with van der Waals surface area (Å²) in [6, 6.07) is 8.34. The van der Waals surface area contributed by atoms with Crippen LogP contribution in [0.15, 0.2) is 24.3 Å². The highest BCUT2D eigenvalue weighted by atomic mass is 16.5. The number of benzene rings is 1. The molecule has 3 atom stereocenters. The Morgan fingerprint density at radius 1 is 1.40 bits per heavy atom. The second-order valence-corrected chi connectivity index (χ2v) is 6.30. The zero-order valence-corrected chi connectivity index (χ0v) is 12.9. The van der Waals surface area contributed by atoms with Crippen LogP contribution < -0.4 is 10.1 Å². The smallest absolute Gasteiger partial charge is 0.118 e. The van der Waals surface area contributed by atoms with Gasteiger partial charge in [0.1, 0.15) is 5.75 Å². The highest BCUT2D eigenvalue weighted by Gasteiger charge is 2.32. The van der Waals surface area contributed by atoms with E-state index in [1.54, 1.807) is 7.11 Å². The van der Waals surface area contributed by atoms with Crippen LogP contribution in [0.4, 0.5) is 0 Å². The van der Waals surface area contributed by atoms with Crippen LogP contribution in [0.2, 0.25) is 0 Å². The fraction of sp³-hybridized carbons (Fsp3) is 0.647. The van der Waals surface area contributed by atoms with E-state index in [2.05, 4.69) is 31.3 Å². The van der Waals surface area contributed by atoms with E-state index in [0.717, 1.165) is 25.0 Å². The Labute approximate surface area is 122 Å². The van der Waals surface area contributed by atoms with Gasteiger partial charge in [-0.25, -0.2) is 0 Å². The van der Waals surface area contributed by atoms with Gasteiger partial charge >= 0.3 is 0 Å². The molecular weight excluding hydrogens is 250 g/mol. The number of aliphatic hydroxyl groups is 1. The largest absolute Gasteiger partial charge is 0.497 e. The Bertz CT molecular complexity index is 418. The van der Waals surface area contributed by atoms with E-state index >= 15 is 0 Å². The van der Waals surface area contributed by atoms with Gasteiger partial charge in [-0.15, -0.1) is 0 Å². The van der Waals surface area contributed by atoms with Crippen LogP contribution in [-0.4, -0.2) is 24.4 Å².